The number of H-pyrrole nitrogens is 1. The standard InChI is InChI=1S/C29H30N6O4/c1-16(2)8-24(33-26(36)23-11-19-22(32-23)9-17(13-30)10-25(19)39-3)27(37)35-15-29(12-18(35)14-31)20-6-4-5-7-21(20)34-28(29)38/h4-7,9-11,14,16,18,24,31-32H,8,12,15H2,1-3H3,(H,33,36)(H,34,38)/t18-,24-,29-/m0/s1. The maximum atomic E-state index is 13.9. The molecule has 10 nitrogen and oxygen atoms in total. The highest BCUT2D eigenvalue weighted by molar-refractivity contribution is 6.08. The van der Waals surface area contributed by atoms with E-state index in [2.05, 4.69) is 21.7 Å². The third-order valence-corrected chi connectivity index (χ3v) is 7.60. The average molecular weight is 527 g/mol. The Morgan fingerprint density at radius 3 is 2.77 bits per heavy atom. The van der Waals surface area contributed by atoms with Crippen LogP contribution >= 0.6 is 0 Å². The van der Waals surface area contributed by atoms with E-state index in [1.807, 2.05) is 38.1 Å². The van der Waals surface area contributed by atoms with Gasteiger partial charge in [-0.05, 0) is 48.6 Å². The first-order valence-corrected chi connectivity index (χ1v) is 12.8. The van der Waals surface area contributed by atoms with Crippen molar-refractivity contribution in [3.63, 3.8) is 0 Å². The fourth-order valence-corrected chi connectivity index (χ4v) is 5.75. The van der Waals surface area contributed by atoms with E-state index in [1.165, 1.54) is 13.3 Å². The lowest BCUT2D eigenvalue weighted by Gasteiger charge is -2.29. The van der Waals surface area contributed by atoms with Crippen LogP contribution in [0.5, 0.6) is 5.75 Å². The Kier molecular flexibility index (Phi) is 6.60. The van der Waals surface area contributed by atoms with Crippen molar-refractivity contribution < 1.29 is 19.1 Å². The molecule has 0 bridgehead atoms. The molecule has 2 aliphatic rings. The van der Waals surface area contributed by atoms with Gasteiger partial charge < -0.3 is 30.7 Å². The zero-order valence-electron chi connectivity index (χ0n) is 22.0. The summed E-state index contributed by atoms with van der Waals surface area (Å²) < 4.78 is 5.39. The van der Waals surface area contributed by atoms with Crippen molar-refractivity contribution in [1.82, 2.24) is 15.2 Å². The van der Waals surface area contributed by atoms with Crippen LogP contribution in [0.2, 0.25) is 0 Å². The summed E-state index contributed by atoms with van der Waals surface area (Å²) in [6, 6.07) is 12.9. The number of carbonyl (C=O) groups is 3. The van der Waals surface area contributed by atoms with Crippen LogP contribution in [-0.4, -0.2) is 59.6 Å². The maximum Gasteiger partial charge on any atom is 0.268 e. The molecule has 3 aromatic rings. The summed E-state index contributed by atoms with van der Waals surface area (Å²) in [4.78, 5) is 45.0. The van der Waals surface area contributed by atoms with E-state index >= 15 is 0 Å². The van der Waals surface area contributed by atoms with Crippen molar-refractivity contribution >= 4 is 40.5 Å². The summed E-state index contributed by atoms with van der Waals surface area (Å²) in [5.74, 6) is -0.444. The molecule has 2 aromatic carbocycles. The fraction of sp³-hybridized carbons (Fsp3) is 0.345. The molecular weight excluding hydrogens is 496 g/mol. The number of hydrogen-bond acceptors (Lipinski definition) is 6. The Balaban J connectivity index is 1.43. The van der Waals surface area contributed by atoms with Gasteiger partial charge in [0.05, 0.1) is 35.7 Å². The Labute approximate surface area is 225 Å². The third kappa shape index (κ3) is 4.40. The Hall–Kier alpha value is -4.65. The Morgan fingerprint density at radius 2 is 2.08 bits per heavy atom. The summed E-state index contributed by atoms with van der Waals surface area (Å²) >= 11 is 0. The minimum absolute atomic E-state index is 0.0887. The van der Waals surface area contributed by atoms with Crippen molar-refractivity contribution in [3.8, 4) is 11.8 Å². The summed E-state index contributed by atoms with van der Waals surface area (Å²) in [6.07, 6.45) is 1.88. The number of ether oxygens (including phenoxy) is 1. The first-order chi connectivity index (χ1) is 18.7. The number of hydrogen-bond donors (Lipinski definition) is 4. The number of likely N-dealkylation sites (tertiary alicyclic amines) is 1. The molecule has 0 aliphatic carbocycles. The maximum absolute atomic E-state index is 13.9. The molecule has 1 fully saturated rings. The van der Waals surface area contributed by atoms with Crippen LogP contribution in [0.15, 0.2) is 42.5 Å². The van der Waals surface area contributed by atoms with E-state index in [9.17, 15) is 19.6 Å². The largest absolute Gasteiger partial charge is 0.496 e. The molecular formula is C29H30N6O4. The normalized spacial score (nSPS) is 20.5. The zero-order chi connectivity index (χ0) is 27.9. The molecule has 4 N–H and O–H groups in total. The van der Waals surface area contributed by atoms with Gasteiger partial charge in [0.15, 0.2) is 0 Å². The van der Waals surface area contributed by atoms with Gasteiger partial charge in [0.1, 0.15) is 17.5 Å². The van der Waals surface area contributed by atoms with Gasteiger partial charge in [-0.3, -0.25) is 14.4 Å². The molecule has 200 valence electrons. The molecule has 3 heterocycles. The van der Waals surface area contributed by atoms with Crippen molar-refractivity contribution in [1.29, 1.82) is 10.7 Å². The van der Waals surface area contributed by atoms with Crippen LogP contribution in [0.3, 0.4) is 0 Å². The molecule has 1 saturated heterocycles. The first-order valence-electron chi connectivity index (χ1n) is 12.8. The summed E-state index contributed by atoms with van der Waals surface area (Å²) in [5, 5.41) is 23.8. The highest BCUT2D eigenvalue weighted by Crippen LogP contribution is 2.46. The van der Waals surface area contributed by atoms with Crippen LogP contribution in [-0.2, 0) is 15.0 Å². The quantitative estimate of drug-likeness (QED) is 0.348. The molecule has 2 aliphatic heterocycles. The van der Waals surface area contributed by atoms with Crippen LogP contribution in [0.1, 0.15) is 48.3 Å². The summed E-state index contributed by atoms with van der Waals surface area (Å²) in [7, 11) is 1.49. The lowest BCUT2D eigenvalue weighted by molar-refractivity contribution is -0.133. The van der Waals surface area contributed by atoms with Crippen molar-refractivity contribution in [2.45, 2.75) is 44.2 Å². The van der Waals surface area contributed by atoms with Crippen LogP contribution in [0, 0.1) is 22.7 Å². The fourth-order valence-electron chi connectivity index (χ4n) is 5.75. The van der Waals surface area contributed by atoms with E-state index in [-0.39, 0.29) is 30.0 Å². The number of nitriles is 1. The van der Waals surface area contributed by atoms with Crippen LogP contribution < -0.4 is 15.4 Å². The van der Waals surface area contributed by atoms with Gasteiger partial charge in [-0.1, -0.05) is 32.0 Å². The number of aromatic amines is 1. The number of fused-ring (bicyclic) bond motifs is 3. The smallest absolute Gasteiger partial charge is 0.268 e. The number of para-hydroxylation sites is 1. The van der Waals surface area contributed by atoms with E-state index in [0.717, 1.165) is 11.3 Å². The van der Waals surface area contributed by atoms with E-state index in [1.54, 1.807) is 23.1 Å². The highest BCUT2D eigenvalue weighted by atomic mass is 16.5. The number of carbonyl (C=O) groups excluding carboxylic acids is 3. The number of nitrogens with zero attached hydrogens (tertiary/aromatic N) is 2. The summed E-state index contributed by atoms with van der Waals surface area (Å²) in [5.41, 5.74) is 1.79. The highest BCUT2D eigenvalue weighted by Gasteiger charge is 2.55. The van der Waals surface area contributed by atoms with Crippen LogP contribution in [0.4, 0.5) is 5.69 Å². The molecule has 0 saturated carbocycles. The van der Waals surface area contributed by atoms with Gasteiger partial charge in [0, 0.05) is 23.8 Å². The van der Waals surface area contributed by atoms with Gasteiger partial charge in [0.2, 0.25) is 11.8 Å². The Bertz CT molecular complexity index is 1540. The number of rotatable bonds is 7. The summed E-state index contributed by atoms with van der Waals surface area (Å²) in [6.45, 7) is 4.05. The minimum atomic E-state index is -0.937. The minimum Gasteiger partial charge on any atom is -0.496 e. The van der Waals surface area contributed by atoms with Gasteiger partial charge >= 0.3 is 0 Å². The molecule has 1 spiro atoms. The van der Waals surface area contributed by atoms with Crippen molar-refractivity contribution in [2.75, 3.05) is 19.0 Å². The van der Waals surface area contributed by atoms with E-state index < -0.39 is 23.4 Å². The molecule has 3 amide bonds. The second-order valence-corrected chi connectivity index (χ2v) is 10.6. The first kappa shape index (κ1) is 26.0. The van der Waals surface area contributed by atoms with Crippen molar-refractivity contribution in [3.05, 3.63) is 59.3 Å². The van der Waals surface area contributed by atoms with Crippen LogP contribution in [0.25, 0.3) is 10.9 Å². The second kappa shape index (κ2) is 9.91. The number of benzene rings is 2. The molecule has 5 rings (SSSR count). The third-order valence-electron chi connectivity index (χ3n) is 7.60. The lowest BCUT2D eigenvalue weighted by Crippen LogP contribution is -2.51. The molecule has 0 unspecified atom stereocenters. The van der Waals surface area contributed by atoms with E-state index in [0.29, 0.717) is 35.1 Å². The SMILES string of the molecule is COc1cc(C#N)cc2[nH]c(C(=O)N[C@@H](CC(C)C)C(=O)N3C[C@]4(C[C@H]3C=N)C(=O)Nc3ccccc34)cc12. The zero-order valence-corrected chi connectivity index (χ0v) is 22.0. The Morgan fingerprint density at radius 1 is 1.31 bits per heavy atom. The molecule has 10 heteroatoms. The lowest BCUT2D eigenvalue weighted by atomic mass is 9.80. The molecule has 1 aromatic heterocycles. The van der Waals surface area contributed by atoms with Gasteiger partial charge in [-0.2, -0.15) is 5.26 Å². The van der Waals surface area contributed by atoms with Gasteiger partial charge in [-0.25, -0.2) is 0 Å². The molecule has 39 heavy (non-hydrogen) atoms. The number of aromatic nitrogens is 1. The molecule has 3 atom stereocenters. The number of nitrogens with one attached hydrogen (secondary N) is 4. The molecule has 0 radical (unpaired) electrons. The van der Waals surface area contributed by atoms with Gasteiger partial charge in [0.25, 0.3) is 5.91 Å². The predicted molar refractivity (Wildman–Crippen MR) is 146 cm³/mol. The topological polar surface area (TPSA) is 151 Å². The average Bonchev–Trinajstić information content (AvgIpc) is 3.61. The predicted octanol–water partition coefficient (Wildman–Crippen LogP) is 3.33. The van der Waals surface area contributed by atoms with E-state index in [4.69, 9.17) is 10.1 Å². The number of methoxy groups -OCH3 is 1. The number of anilines is 1. The van der Waals surface area contributed by atoms with Gasteiger partial charge in [-0.15, -0.1) is 0 Å². The van der Waals surface area contributed by atoms with Crippen molar-refractivity contribution in [2.24, 2.45) is 5.92 Å². The number of amides is 3. The monoisotopic (exact) mass is 526 g/mol. The second-order valence-electron chi connectivity index (χ2n) is 10.6.